The summed E-state index contributed by atoms with van der Waals surface area (Å²) in [4.78, 5) is 14.5. The Morgan fingerprint density at radius 2 is 1.68 bits per heavy atom. The first kappa shape index (κ1) is 18.4. The third-order valence-corrected chi connectivity index (χ3v) is 7.21. The topological polar surface area (TPSA) is 66.9 Å². The SMILES string of the molecule is Cc1cc(C)c(S(=O)(=O)N2CCN(C(=O)[C@@H]3CCCO3)CC2)cc1C. The van der Waals surface area contributed by atoms with Gasteiger partial charge < -0.3 is 9.64 Å². The monoisotopic (exact) mass is 366 g/mol. The zero-order valence-electron chi connectivity index (χ0n) is 15.1. The number of sulfonamides is 1. The fourth-order valence-corrected chi connectivity index (χ4v) is 5.19. The lowest BCUT2D eigenvalue weighted by molar-refractivity contribution is -0.142. The Morgan fingerprint density at radius 3 is 2.28 bits per heavy atom. The van der Waals surface area contributed by atoms with E-state index in [0.717, 1.165) is 29.5 Å². The van der Waals surface area contributed by atoms with Crippen LogP contribution in [0.15, 0.2) is 17.0 Å². The van der Waals surface area contributed by atoms with Gasteiger partial charge in [0.25, 0.3) is 5.91 Å². The van der Waals surface area contributed by atoms with E-state index < -0.39 is 10.0 Å². The van der Waals surface area contributed by atoms with Gasteiger partial charge in [-0.3, -0.25) is 4.79 Å². The molecule has 2 heterocycles. The zero-order valence-corrected chi connectivity index (χ0v) is 15.9. The van der Waals surface area contributed by atoms with Crippen molar-refractivity contribution < 1.29 is 17.9 Å². The Labute approximate surface area is 149 Å². The molecule has 0 saturated carbocycles. The largest absolute Gasteiger partial charge is 0.368 e. The smallest absolute Gasteiger partial charge is 0.251 e. The summed E-state index contributed by atoms with van der Waals surface area (Å²) in [6, 6.07) is 3.67. The van der Waals surface area contributed by atoms with Crippen molar-refractivity contribution in [3.63, 3.8) is 0 Å². The molecule has 138 valence electrons. The lowest BCUT2D eigenvalue weighted by Crippen LogP contribution is -2.52. The molecule has 1 aromatic rings. The number of benzene rings is 1. The van der Waals surface area contributed by atoms with Crippen molar-refractivity contribution >= 4 is 15.9 Å². The summed E-state index contributed by atoms with van der Waals surface area (Å²) in [5.74, 6) is -0.00286. The van der Waals surface area contributed by atoms with Gasteiger partial charge in [-0.1, -0.05) is 6.07 Å². The predicted octanol–water partition coefficient (Wildman–Crippen LogP) is 1.62. The summed E-state index contributed by atoms with van der Waals surface area (Å²) in [7, 11) is -3.54. The molecule has 0 aromatic heterocycles. The first-order valence-corrected chi connectivity index (χ1v) is 10.2. The number of rotatable bonds is 3. The molecule has 0 bridgehead atoms. The van der Waals surface area contributed by atoms with Crippen LogP contribution in [0.1, 0.15) is 29.5 Å². The average Bonchev–Trinajstić information content (AvgIpc) is 3.12. The minimum atomic E-state index is -3.54. The molecule has 25 heavy (non-hydrogen) atoms. The summed E-state index contributed by atoms with van der Waals surface area (Å²) >= 11 is 0. The second-order valence-corrected chi connectivity index (χ2v) is 8.84. The van der Waals surface area contributed by atoms with E-state index in [1.54, 1.807) is 11.0 Å². The fourth-order valence-electron chi connectivity index (χ4n) is 3.48. The molecular weight excluding hydrogens is 340 g/mol. The van der Waals surface area contributed by atoms with E-state index >= 15 is 0 Å². The predicted molar refractivity (Wildman–Crippen MR) is 95.0 cm³/mol. The molecule has 0 radical (unpaired) electrons. The molecule has 6 nitrogen and oxygen atoms in total. The standard InChI is InChI=1S/C18H26N2O4S/c1-13-11-15(3)17(12-14(13)2)25(22,23)20-8-6-19(7-9-20)18(21)16-5-4-10-24-16/h11-12,16H,4-10H2,1-3H3/t16-/m0/s1. The number of aryl methyl sites for hydroxylation is 3. The molecular formula is C18H26N2O4S. The van der Waals surface area contributed by atoms with Gasteiger partial charge in [0.15, 0.2) is 0 Å². The van der Waals surface area contributed by atoms with Crippen molar-refractivity contribution in [2.24, 2.45) is 0 Å². The maximum Gasteiger partial charge on any atom is 0.251 e. The molecule has 0 unspecified atom stereocenters. The molecule has 1 atom stereocenters. The summed E-state index contributed by atoms with van der Waals surface area (Å²) in [5.41, 5.74) is 2.82. The number of hydrogen-bond donors (Lipinski definition) is 0. The van der Waals surface area contributed by atoms with Crippen LogP contribution in [-0.4, -0.2) is 62.4 Å². The van der Waals surface area contributed by atoms with Crippen LogP contribution >= 0.6 is 0 Å². The molecule has 2 aliphatic rings. The van der Waals surface area contributed by atoms with E-state index in [0.29, 0.717) is 37.7 Å². The van der Waals surface area contributed by atoms with E-state index in [1.165, 1.54) is 4.31 Å². The molecule has 1 aromatic carbocycles. The van der Waals surface area contributed by atoms with Crippen LogP contribution in [0.4, 0.5) is 0 Å². The van der Waals surface area contributed by atoms with Gasteiger partial charge in [0.05, 0.1) is 4.90 Å². The molecule has 1 amide bonds. The lowest BCUT2D eigenvalue weighted by Gasteiger charge is -2.35. The summed E-state index contributed by atoms with van der Waals surface area (Å²) < 4.78 is 32.9. The number of nitrogens with zero attached hydrogens (tertiary/aromatic N) is 2. The van der Waals surface area contributed by atoms with Crippen molar-refractivity contribution in [1.29, 1.82) is 0 Å². The number of piperazine rings is 1. The Hall–Kier alpha value is -1.44. The molecule has 2 fully saturated rings. The minimum absolute atomic E-state index is 0.00286. The Morgan fingerprint density at radius 1 is 1.04 bits per heavy atom. The number of hydrogen-bond acceptors (Lipinski definition) is 4. The van der Waals surface area contributed by atoms with Gasteiger partial charge in [-0.25, -0.2) is 8.42 Å². The Kier molecular flexibility index (Phi) is 5.18. The van der Waals surface area contributed by atoms with Gasteiger partial charge in [-0.15, -0.1) is 0 Å². The van der Waals surface area contributed by atoms with Gasteiger partial charge >= 0.3 is 0 Å². The van der Waals surface area contributed by atoms with Crippen LogP contribution in [0.5, 0.6) is 0 Å². The molecule has 0 N–H and O–H groups in total. The molecule has 0 aliphatic carbocycles. The Balaban J connectivity index is 1.71. The first-order valence-electron chi connectivity index (χ1n) is 8.79. The van der Waals surface area contributed by atoms with Gasteiger partial charge in [-0.05, 0) is 56.4 Å². The van der Waals surface area contributed by atoms with Gasteiger partial charge in [-0.2, -0.15) is 4.31 Å². The molecule has 7 heteroatoms. The molecule has 2 saturated heterocycles. The number of ether oxygens (including phenoxy) is 1. The third-order valence-electron chi connectivity index (χ3n) is 5.16. The van der Waals surface area contributed by atoms with Crippen LogP contribution in [0.25, 0.3) is 0 Å². The van der Waals surface area contributed by atoms with Crippen LogP contribution in [-0.2, 0) is 19.6 Å². The molecule has 2 aliphatic heterocycles. The maximum absolute atomic E-state index is 13.0. The second kappa shape index (κ2) is 7.05. The fraction of sp³-hybridized carbons (Fsp3) is 0.611. The van der Waals surface area contributed by atoms with Crippen molar-refractivity contribution in [3.05, 3.63) is 28.8 Å². The minimum Gasteiger partial charge on any atom is -0.368 e. The van der Waals surface area contributed by atoms with E-state index in [1.807, 2.05) is 26.8 Å². The van der Waals surface area contributed by atoms with Crippen molar-refractivity contribution in [1.82, 2.24) is 9.21 Å². The van der Waals surface area contributed by atoms with E-state index in [2.05, 4.69) is 0 Å². The highest BCUT2D eigenvalue weighted by Gasteiger charge is 2.34. The third kappa shape index (κ3) is 3.59. The second-order valence-electron chi connectivity index (χ2n) is 6.93. The average molecular weight is 366 g/mol. The van der Waals surface area contributed by atoms with Gasteiger partial charge in [0, 0.05) is 32.8 Å². The van der Waals surface area contributed by atoms with E-state index in [9.17, 15) is 13.2 Å². The van der Waals surface area contributed by atoms with E-state index in [4.69, 9.17) is 4.74 Å². The highest BCUT2D eigenvalue weighted by Crippen LogP contribution is 2.25. The summed E-state index contributed by atoms with van der Waals surface area (Å²) in [6.45, 7) is 7.86. The van der Waals surface area contributed by atoms with E-state index in [-0.39, 0.29) is 12.0 Å². The Bertz CT molecular complexity index is 762. The van der Waals surface area contributed by atoms with Crippen LogP contribution in [0.3, 0.4) is 0 Å². The number of amides is 1. The normalized spacial score (nSPS) is 22.4. The molecule has 0 spiro atoms. The van der Waals surface area contributed by atoms with Crippen LogP contribution < -0.4 is 0 Å². The van der Waals surface area contributed by atoms with Crippen molar-refractivity contribution in [2.75, 3.05) is 32.8 Å². The highest BCUT2D eigenvalue weighted by molar-refractivity contribution is 7.89. The van der Waals surface area contributed by atoms with Crippen LogP contribution in [0, 0.1) is 20.8 Å². The lowest BCUT2D eigenvalue weighted by atomic mass is 10.1. The van der Waals surface area contributed by atoms with Crippen molar-refractivity contribution in [2.45, 2.75) is 44.6 Å². The maximum atomic E-state index is 13.0. The van der Waals surface area contributed by atoms with Crippen LogP contribution in [0.2, 0.25) is 0 Å². The molecule has 3 rings (SSSR count). The van der Waals surface area contributed by atoms with Gasteiger partial charge in [0.1, 0.15) is 6.10 Å². The highest BCUT2D eigenvalue weighted by atomic mass is 32.2. The van der Waals surface area contributed by atoms with Crippen molar-refractivity contribution in [3.8, 4) is 0 Å². The first-order chi connectivity index (χ1) is 11.8. The van der Waals surface area contributed by atoms with Gasteiger partial charge in [0.2, 0.25) is 10.0 Å². The summed E-state index contributed by atoms with van der Waals surface area (Å²) in [5, 5.41) is 0. The quantitative estimate of drug-likeness (QED) is 0.815. The zero-order chi connectivity index (χ0) is 18.2. The summed E-state index contributed by atoms with van der Waals surface area (Å²) in [6.07, 6.45) is 1.33. The number of carbonyl (C=O) groups is 1. The number of carbonyl (C=O) groups excluding carboxylic acids is 1.